The number of rotatable bonds is 25. The molecule has 0 aromatic carbocycles. The third-order valence-corrected chi connectivity index (χ3v) is 11.3. The van der Waals surface area contributed by atoms with Gasteiger partial charge in [-0.25, -0.2) is 4.79 Å². The molecule has 0 radical (unpaired) electrons. The van der Waals surface area contributed by atoms with Gasteiger partial charge in [0.15, 0.2) is 36.6 Å². The van der Waals surface area contributed by atoms with E-state index >= 15 is 0 Å². The van der Waals surface area contributed by atoms with Gasteiger partial charge in [-0.2, -0.15) is 0 Å². The van der Waals surface area contributed by atoms with E-state index in [4.69, 9.17) is 47.4 Å². The van der Waals surface area contributed by atoms with E-state index in [9.17, 15) is 57.8 Å². The smallest absolute Gasteiger partial charge is 0.326 e. The van der Waals surface area contributed by atoms with Gasteiger partial charge in [0.05, 0.1) is 0 Å². The topological polar surface area (TPSA) is 324 Å². The van der Waals surface area contributed by atoms with E-state index in [0.29, 0.717) is 6.42 Å². The van der Waals surface area contributed by atoms with E-state index in [1.807, 2.05) is 0 Å². The van der Waals surface area contributed by atoms with Crippen molar-refractivity contribution in [1.29, 1.82) is 0 Å². The van der Waals surface area contributed by atoms with Crippen LogP contribution in [0.5, 0.6) is 0 Å². The van der Waals surface area contributed by atoms with Crippen LogP contribution >= 0.6 is 23.5 Å². The van der Waals surface area contributed by atoms with Gasteiger partial charge in [0.2, 0.25) is 11.8 Å². The number of aliphatic carboxylic acids is 1. The second-order valence-electron chi connectivity index (χ2n) is 14.7. The first-order valence-corrected chi connectivity index (χ1v) is 22.7. The molecule has 2 heterocycles. The van der Waals surface area contributed by atoms with Crippen LogP contribution in [0.25, 0.3) is 0 Å². The molecular formula is C40H58N2O22S2. The molecule has 0 aromatic heterocycles. The Hall–Kier alpha value is -5.21. The normalized spacial score (nSPS) is 25.0. The van der Waals surface area contributed by atoms with Crippen molar-refractivity contribution in [2.24, 2.45) is 0 Å². The molecule has 0 aliphatic carbocycles. The molecule has 0 bridgehead atoms. The predicted molar refractivity (Wildman–Crippen MR) is 224 cm³/mol. The number of esters is 8. The van der Waals surface area contributed by atoms with Crippen LogP contribution in [0.1, 0.15) is 87.5 Å². The summed E-state index contributed by atoms with van der Waals surface area (Å²) in [5.74, 6) is -8.37. The van der Waals surface area contributed by atoms with E-state index in [0.717, 1.165) is 78.9 Å². The zero-order valence-corrected chi connectivity index (χ0v) is 39.4. The molecule has 66 heavy (non-hydrogen) atoms. The summed E-state index contributed by atoms with van der Waals surface area (Å²) < 4.78 is 54.5. The first-order valence-electron chi connectivity index (χ1n) is 20.6. The van der Waals surface area contributed by atoms with Crippen LogP contribution in [0.4, 0.5) is 0 Å². The van der Waals surface area contributed by atoms with Crippen LogP contribution < -0.4 is 10.6 Å². The minimum absolute atomic E-state index is 0.00251. The number of carbonyl (C=O) groups excluding carboxylic acids is 10. The Kier molecular flexibility index (Phi) is 24.8. The lowest BCUT2D eigenvalue weighted by Gasteiger charge is -2.44. The SMILES string of the molecule is CC(=O)OC[C@H]1O[C@H](SCCC(=O)NCCCC[C@@H](NC(=O)CCS[C@H]2O[C@H](COC(C)=O)[C@@H](OC(C)=O)[C@H](OC(C)=O)[C@@H]2OC(C)=O)C(=O)O)[C@@H](OC(C)=O)[C@@H](OC(C)=O)[C@@H]1OC(C)=O. The molecule has 2 fully saturated rings. The Labute approximate surface area is 388 Å². The molecule has 2 saturated heterocycles. The number of carboxylic acid groups (broad SMARTS) is 1. The Morgan fingerprint density at radius 2 is 0.864 bits per heavy atom. The van der Waals surface area contributed by atoms with Gasteiger partial charge >= 0.3 is 53.7 Å². The van der Waals surface area contributed by atoms with Gasteiger partial charge in [-0.1, -0.05) is 0 Å². The maximum absolute atomic E-state index is 12.9. The number of ether oxygens (including phenoxy) is 10. The maximum Gasteiger partial charge on any atom is 0.326 e. The van der Waals surface area contributed by atoms with Gasteiger partial charge in [-0.15, -0.1) is 23.5 Å². The van der Waals surface area contributed by atoms with E-state index in [1.165, 1.54) is 0 Å². The predicted octanol–water partition coefficient (Wildman–Crippen LogP) is 0.255. The Bertz CT molecular complexity index is 1750. The minimum atomic E-state index is -1.39. The van der Waals surface area contributed by atoms with Crippen LogP contribution in [0.15, 0.2) is 0 Å². The first kappa shape index (κ1) is 56.9. The summed E-state index contributed by atoms with van der Waals surface area (Å²) in [7, 11) is 0. The Morgan fingerprint density at radius 1 is 0.500 bits per heavy atom. The lowest BCUT2D eigenvalue weighted by molar-refractivity contribution is -0.237. The summed E-state index contributed by atoms with van der Waals surface area (Å²) in [5, 5.41) is 15.0. The highest BCUT2D eigenvalue weighted by Gasteiger charge is 2.53. The molecule has 3 N–H and O–H groups in total. The van der Waals surface area contributed by atoms with Crippen LogP contribution in [-0.4, -0.2) is 168 Å². The van der Waals surface area contributed by atoms with Crippen molar-refractivity contribution < 1.29 is 105 Å². The van der Waals surface area contributed by atoms with Crippen molar-refractivity contribution in [1.82, 2.24) is 10.6 Å². The zero-order chi connectivity index (χ0) is 49.7. The standard InChI is InChI=1S/C40H58N2O22S2/c1-19(43)55-17-28-32(57-21(3)45)34(59-23(5)47)36(61-25(7)49)39(63-28)65-15-12-30(51)41-14-10-9-11-27(38(53)54)42-31(52)13-16-66-40-37(62-26(8)50)35(60-24(6)48)33(58-22(4)46)29(64-40)18-56-20(2)44/h27-29,32-37,39-40H,9-18H2,1-8H3,(H,41,51)(H,42,52)(H,53,54)/t27-,28-,29-,32-,33-,34+,35+,36+,37+,39-,40-/m1/s1. The van der Waals surface area contributed by atoms with Gasteiger partial charge in [0, 0.05) is 86.3 Å². The van der Waals surface area contributed by atoms with Crippen molar-refractivity contribution in [3.63, 3.8) is 0 Å². The number of amides is 2. The fourth-order valence-electron chi connectivity index (χ4n) is 6.49. The molecule has 0 aromatic rings. The third-order valence-electron chi connectivity index (χ3n) is 8.99. The van der Waals surface area contributed by atoms with Crippen molar-refractivity contribution in [3.05, 3.63) is 0 Å². The van der Waals surface area contributed by atoms with Crippen LogP contribution in [0, 0.1) is 0 Å². The fourth-order valence-corrected chi connectivity index (χ4v) is 8.81. The van der Waals surface area contributed by atoms with E-state index < -0.39 is 144 Å². The summed E-state index contributed by atoms with van der Waals surface area (Å²) in [4.78, 5) is 133. The molecule has 24 nitrogen and oxygen atoms in total. The third kappa shape index (κ3) is 21.0. The van der Waals surface area contributed by atoms with E-state index in [2.05, 4.69) is 10.6 Å². The van der Waals surface area contributed by atoms with Gasteiger partial charge in [-0.05, 0) is 19.3 Å². The van der Waals surface area contributed by atoms with Gasteiger partial charge in [0.1, 0.15) is 42.3 Å². The van der Waals surface area contributed by atoms with Crippen molar-refractivity contribution in [2.75, 3.05) is 31.3 Å². The Balaban J connectivity index is 1.95. The molecule has 2 amide bonds. The van der Waals surface area contributed by atoms with Gasteiger partial charge in [-0.3, -0.25) is 47.9 Å². The summed E-state index contributed by atoms with van der Waals surface area (Å²) in [6, 6.07) is -1.29. The van der Waals surface area contributed by atoms with Crippen molar-refractivity contribution in [2.45, 2.75) is 153 Å². The second kappa shape index (κ2) is 28.7. The molecule has 0 spiro atoms. The van der Waals surface area contributed by atoms with Crippen LogP contribution in [-0.2, 0) is 100 Å². The molecule has 2 aliphatic heterocycles. The van der Waals surface area contributed by atoms with Crippen molar-refractivity contribution >= 4 is 89.1 Å². The monoisotopic (exact) mass is 982 g/mol. The number of hydrogen-bond acceptors (Lipinski definition) is 23. The maximum atomic E-state index is 12.9. The highest BCUT2D eigenvalue weighted by molar-refractivity contribution is 8.00. The lowest BCUT2D eigenvalue weighted by atomic mass is 9.99. The number of hydrogen-bond donors (Lipinski definition) is 3. The van der Waals surface area contributed by atoms with Gasteiger partial charge < -0.3 is 63.1 Å². The highest BCUT2D eigenvalue weighted by atomic mass is 32.2. The number of carbonyl (C=O) groups is 11. The van der Waals surface area contributed by atoms with Crippen LogP contribution in [0.3, 0.4) is 0 Å². The quantitative estimate of drug-likeness (QED) is 0.0627. The van der Waals surface area contributed by atoms with Crippen LogP contribution in [0.2, 0.25) is 0 Å². The number of unbranched alkanes of at least 4 members (excludes halogenated alkanes) is 1. The molecule has 2 rings (SSSR count). The van der Waals surface area contributed by atoms with E-state index in [-0.39, 0.29) is 43.7 Å². The fraction of sp³-hybridized carbons (Fsp3) is 0.725. The number of thioether (sulfide) groups is 2. The molecule has 372 valence electrons. The van der Waals surface area contributed by atoms with E-state index in [1.54, 1.807) is 0 Å². The highest BCUT2D eigenvalue weighted by Crippen LogP contribution is 2.36. The molecular weight excluding hydrogens is 925 g/mol. The molecule has 26 heteroatoms. The first-order chi connectivity index (χ1) is 31.0. The zero-order valence-electron chi connectivity index (χ0n) is 37.8. The average Bonchev–Trinajstić information content (AvgIpc) is 3.18. The molecule has 2 aliphatic rings. The summed E-state index contributed by atoms with van der Waals surface area (Å²) in [6.07, 6.45) is -10.1. The van der Waals surface area contributed by atoms with Crippen molar-refractivity contribution in [3.8, 4) is 0 Å². The molecule has 0 saturated carbocycles. The lowest BCUT2D eigenvalue weighted by Crippen LogP contribution is -2.61. The molecule has 11 atom stereocenters. The largest absolute Gasteiger partial charge is 0.480 e. The summed E-state index contributed by atoms with van der Waals surface area (Å²) >= 11 is 1.98. The van der Waals surface area contributed by atoms with Gasteiger partial charge in [0.25, 0.3) is 0 Å². The minimum Gasteiger partial charge on any atom is -0.480 e. The summed E-state index contributed by atoms with van der Waals surface area (Å²) in [6.45, 7) is 8.16. The second-order valence-corrected chi connectivity index (χ2v) is 17.1. The average molecular weight is 983 g/mol. The number of carboxylic acids is 1. The summed E-state index contributed by atoms with van der Waals surface area (Å²) in [5.41, 5.74) is -2.20. The molecule has 0 unspecified atom stereocenters. The number of nitrogens with one attached hydrogen (secondary N) is 2. The Morgan fingerprint density at radius 3 is 1.23 bits per heavy atom.